The molecule has 6 nitrogen and oxygen atoms in total. The predicted molar refractivity (Wildman–Crippen MR) is 82.9 cm³/mol. The van der Waals surface area contributed by atoms with E-state index in [0.29, 0.717) is 17.9 Å². The number of urea groups is 1. The summed E-state index contributed by atoms with van der Waals surface area (Å²) in [4.78, 5) is 32.4. The van der Waals surface area contributed by atoms with Crippen molar-refractivity contribution in [1.29, 1.82) is 0 Å². The van der Waals surface area contributed by atoms with Gasteiger partial charge in [-0.2, -0.15) is 0 Å². The number of nitrogens with zero attached hydrogens (tertiary/aromatic N) is 2. The van der Waals surface area contributed by atoms with Crippen LogP contribution in [0.15, 0.2) is 6.20 Å². The molecule has 2 amide bonds. The fourth-order valence-corrected chi connectivity index (χ4v) is 3.26. The van der Waals surface area contributed by atoms with Crippen LogP contribution in [0.3, 0.4) is 0 Å². The predicted octanol–water partition coefficient (Wildman–Crippen LogP) is 2.70. The van der Waals surface area contributed by atoms with Crippen molar-refractivity contribution in [2.45, 2.75) is 57.9 Å². The Balaban J connectivity index is 1.64. The number of hydrogen-bond donors (Lipinski definition) is 2. The maximum Gasteiger partial charge on any atom is 0.321 e. The second-order valence-electron chi connectivity index (χ2n) is 6.42. The Morgan fingerprint density at radius 3 is 2.77 bits per heavy atom. The number of ketones is 1. The Hall–Kier alpha value is -1.98. The van der Waals surface area contributed by atoms with Gasteiger partial charge in [0.2, 0.25) is 5.95 Å². The summed E-state index contributed by atoms with van der Waals surface area (Å²) in [5.74, 6) is 0.653. The van der Waals surface area contributed by atoms with E-state index >= 15 is 0 Å². The van der Waals surface area contributed by atoms with Gasteiger partial charge in [-0.25, -0.2) is 14.8 Å². The average Bonchev–Trinajstić information content (AvgIpc) is 2.47. The Kier molecular flexibility index (Phi) is 4.36. The normalized spacial score (nSPS) is 22.0. The van der Waals surface area contributed by atoms with E-state index in [1.54, 1.807) is 0 Å². The molecule has 2 aliphatic carbocycles. The maximum absolute atomic E-state index is 12.0. The number of anilines is 1. The van der Waals surface area contributed by atoms with E-state index in [4.69, 9.17) is 0 Å². The van der Waals surface area contributed by atoms with Gasteiger partial charge in [0.1, 0.15) is 0 Å². The lowest BCUT2D eigenvalue weighted by molar-refractivity contribution is 0.0951. The lowest BCUT2D eigenvalue weighted by Gasteiger charge is -2.23. The van der Waals surface area contributed by atoms with Crippen molar-refractivity contribution >= 4 is 17.8 Å². The molecule has 118 valence electrons. The lowest BCUT2D eigenvalue weighted by Crippen LogP contribution is -2.39. The van der Waals surface area contributed by atoms with Crippen molar-refractivity contribution in [3.63, 3.8) is 0 Å². The smallest absolute Gasteiger partial charge is 0.321 e. The number of hydrogen-bond acceptors (Lipinski definition) is 4. The van der Waals surface area contributed by atoms with E-state index < -0.39 is 0 Å². The molecule has 1 aromatic heterocycles. The minimum atomic E-state index is -0.262. The van der Waals surface area contributed by atoms with Gasteiger partial charge >= 0.3 is 6.03 Å². The largest absolute Gasteiger partial charge is 0.335 e. The summed E-state index contributed by atoms with van der Waals surface area (Å²) < 4.78 is 0. The first-order chi connectivity index (χ1) is 10.6. The van der Waals surface area contributed by atoms with Crippen LogP contribution in [-0.2, 0) is 6.42 Å². The molecule has 0 saturated heterocycles. The Morgan fingerprint density at radius 1 is 1.23 bits per heavy atom. The first-order valence-electron chi connectivity index (χ1n) is 8.08. The van der Waals surface area contributed by atoms with E-state index in [2.05, 4.69) is 20.6 Å². The van der Waals surface area contributed by atoms with E-state index in [1.165, 1.54) is 25.5 Å². The summed E-state index contributed by atoms with van der Waals surface area (Å²) in [6.45, 7) is 2.03. The van der Waals surface area contributed by atoms with Gasteiger partial charge in [0.25, 0.3) is 0 Å². The number of aromatic nitrogens is 2. The van der Waals surface area contributed by atoms with Gasteiger partial charge in [0.05, 0.1) is 11.3 Å². The summed E-state index contributed by atoms with van der Waals surface area (Å²) in [5, 5.41) is 5.65. The Labute approximate surface area is 130 Å². The van der Waals surface area contributed by atoms with Crippen LogP contribution < -0.4 is 10.6 Å². The van der Waals surface area contributed by atoms with Gasteiger partial charge in [0, 0.05) is 18.7 Å². The van der Waals surface area contributed by atoms with Crippen LogP contribution in [-0.4, -0.2) is 27.8 Å². The van der Waals surface area contributed by atoms with Gasteiger partial charge in [-0.1, -0.05) is 26.2 Å². The van der Waals surface area contributed by atoms with Crippen molar-refractivity contribution in [2.75, 3.05) is 5.32 Å². The van der Waals surface area contributed by atoms with Gasteiger partial charge in [-0.3, -0.25) is 10.1 Å². The third kappa shape index (κ3) is 3.43. The third-order valence-electron chi connectivity index (χ3n) is 4.41. The zero-order valence-corrected chi connectivity index (χ0v) is 12.9. The number of amides is 2. The van der Waals surface area contributed by atoms with Crippen molar-refractivity contribution in [1.82, 2.24) is 15.3 Å². The molecular weight excluding hydrogens is 280 g/mol. The molecule has 2 aliphatic rings. The van der Waals surface area contributed by atoms with E-state index in [-0.39, 0.29) is 23.8 Å². The standard InChI is InChI=1S/C16H22N4O2/c1-10-7-13-12(14(21)8-10)9-17-15(19-13)20-16(22)18-11-5-3-2-4-6-11/h9-11H,2-8H2,1H3,(H2,17,18,19,20,22). The number of carbonyl (C=O) groups is 2. The van der Waals surface area contributed by atoms with E-state index in [9.17, 15) is 9.59 Å². The summed E-state index contributed by atoms with van der Waals surface area (Å²) >= 11 is 0. The maximum atomic E-state index is 12.0. The molecule has 2 N–H and O–H groups in total. The Bertz CT molecular complexity index is 582. The molecular formula is C16H22N4O2. The van der Waals surface area contributed by atoms with Crippen molar-refractivity contribution in [3.8, 4) is 0 Å². The van der Waals surface area contributed by atoms with Crippen LogP contribution in [0.5, 0.6) is 0 Å². The molecule has 6 heteroatoms. The summed E-state index contributed by atoms with van der Waals surface area (Å²) in [7, 11) is 0. The summed E-state index contributed by atoms with van der Waals surface area (Å²) in [5.41, 5.74) is 1.34. The first kappa shape index (κ1) is 14.9. The van der Waals surface area contributed by atoms with E-state index in [0.717, 1.165) is 25.0 Å². The van der Waals surface area contributed by atoms with Gasteiger partial charge in [-0.15, -0.1) is 0 Å². The molecule has 1 unspecified atom stereocenters. The molecule has 0 bridgehead atoms. The van der Waals surface area contributed by atoms with Crippen LogP contribution in [0.1, 0.15) is 61.5 Å². The molecule has 22 heavy (non-hydrogen) atoms. The highest BCUT2D eigenvalue weighted by Gasteiger charge is 2.24. The van der Waals surface area contributed by atoms with Crippen molar-refractivity contribution < 1.29 is 9.59 Å². The van der Waals surface area contributed by atoms with Crippen LogP contribution in [0, 0.1) is 5.92 Å². The minimum absolute atomic E-state index is 0.0898. The molecule has 3 rings (SSSR count). The third-order valence-corrected chi connectivity index (χ3v) is 4.41. The Morgan fingerprint density at radius 2 is 2.00 bits per heavy atom. The average molecular weight is 302 g/mol. The molecule has 0 radical (unpaired) electrons. The molecule has 1 atom stereocenters. The SMILES string of the molecule is CC1CC(=O)c2cnc(NC(=O)NC3CCCCC3)nc2C1. The van der Waals surface area contributed by atoms with Crippen molar-refractivity contribution in [2.24, 2.45) is 5.92 Å². The quantitative estimate of drug-likeness (QED) is 0.879. The summed E-state index contributed by atoms with van der Waals surface area (Å²) in [6.07, 6.45) is 8.48. The van der Waals surface area contributed by atoms with Crippen LogP contribution >= 0.6 is 0 Å². The number of rotatable bonds is 2. The monoisotopic (exact) mass is 302 g/mol. The topological polar surface area (TPSA) is 84.0 Å². The van der Waals surface area contributed by atoms with Gasteiger partial charge in [0.15, 0.2) is 5.78 Å². The molecule has 0 aliphatic heterocycles. The molecule has 1 fully saturated rings. The second-order valence-corrected chi connectivity index (χ2v) is 6.42. The highest BCUT2D eigenvalue weighted by Crippen LogP contribution is 2.24. The number of Topliss-reactive ketones (excluding diaryl/α,β-unsaturated/α-hetero) is 1. The highest BCUT2D eigenvalue weighted by molar-refractivity contribution is 5.98. The molecule has 0 aromatic carbocycles. The zero-order valence-electron chi connectivity index (χ0n) is 12.9. The zero-order chi connectivity index (χ0) is 15.5. The molecule has 1 heterocycles. The summed E-state index contributed by atoms with van der Waals surface area (Å²) in [6, 6.07) is -0.0185. The fraction of sp³-hybridized carbons (Fsp3) is 0.625. The molecule has 1 saturated carbocycles. The van der Waals surface area contributed by atoms with Gasteiger partial charge in [-0.05, 0) is 25.2 Å². The molecule has 0 spiro atoms. The van der Waals surface area contributed by atoms with Crippen molar-refractivity contribution in [3.05, 3.63) is 17.5 Å². The van der Waals surface area contributed by atoms with Crippen LogP contribution in [0.25, 0.3) is 0 Å². The van der Waals surface area contributed by atoms with Crippen LogP contribution in [0.4, 0.5) is 10.7 Å². The minimum Gasteiger partial charge on any atom is -0.335 e. The lowest BCUT2D eigenvalue weighted by atomic mass is 9.88. The van der Waals surface area contributed by atoms with E-state index in [1.807, 2.05) is 6.92 Å². The first-order valence-corrected chi connectivity index (χ1v) is 8.08. The number of nitrogens with one attached hydrogen (secondary N) is 2. The highest BCUT2D eigenvalue weighted by atomic mass is 16.2. The fourth-order valence-electron chi connectivity index (χ4n) is 3.26. The molecule has 1 aromatic rings. The van der Waals surface area contributed by atoms with Gasteiger partial charge < -0.3 is 5.32 Å². The number of carbonyl (C=O) groups excluding carboxylic acids is 2. The number of fused-ring (bicyclic) bond motifs is 1. The second kappa shape index (κ2) is 6.42. The van der Waals surface area contributed by atoms with Crippen LogP contribution in [0.2, 0.25) is 0 Å².